The molecule has 0 saturated carbocycles. The fourth-order valence-corrected chi connectivity index (χ4v) is 5.22. The van der Waals surface area contributed by atoms with E-state index in [9.17, 15) is 13.6 Å². The Labute approximate surface area is 133 Å². The second-order valence-electron chi connectivity index (χ2n) is 5.23. The van der Waals surface area contributed by atoms with Crippen LogP contribution in [0, 0.1) is 11.6 Å². The summed E-state index contributed by atoms with van der Waals surface area (Å²) in [6.45, 7) is 0. The van der Waals surface area contributed by atoms with Crippen LogP contribution in [-0.4, -0.2) is 0 Å². The summed E-state index contributed by atoms with van der Waals surface area (Å²) in [7, 11) is -0.700. The maximum atomic E-state index is 13.7. The molecule has 0 amide bonds. The highest BCUT2D eigenvalue weighted by Gasteiger charge is 2.23. The van der Waals surface area contributed by atoms with Crippen molar-refractivity contribution in [3.63, 3.8) is 0 Å². The van der Waals surface area contributed by atoms with Gasteiger partial charge in [0.2, 0.25) is 5.43 Å². The Morgan fingerprint density at radius 3 is 1.70 bits per heavy atom. The van der Waals surface area contributed by atoms with E-state index in [1.54, 1.807) is 24.3 Å². The molecule has 4 rings (SSSR count). The summed E-state index contributed by atoms with van der Waals surface area (Å²) in [5.74, 6) is -1.22. The lowest BCUT2D eigenvalue weighted by Crippen LogP contribution is -2.02. The number of benzene rings is 3. The molecular weight excluding hydrogens is 314 g/mol. The number of fused-ring (bicyclic) bond motifs is 2. The van der Waals surface area contributed by atoms with Crippen LogP contribution in [0.2, 0.25) is 0 Å². The van der Waals surface area contributed by atoms with E-state index >= 15 is 0 Å². The molecule has 0 saturated heterocycles. The molecule has 0 aliphatic heterocycles. The van der Waals surface area contributed by atoms with Gasteiger partial charge < -0.3 is 0 Å². The maximum absolute atomic E-state index is 13.7. The highest BCUT2D eigenvalue weighted by Crippen LogP contribution is 2.43. The van der Waals surface area contributed by atoms with Crippen molar-refractivity contribution < 1.29 is 8.78 Å². The van der Waals surface area contributed by atoms with E-state index in [2.05, 4.69) is 0 Å². The Morgan fingerprint density at radius 2 is 1.17 bits per heavy atom. The molecule has 4 heteroatoms. The van der Waals surface area contributed by atoms with Gasteiger partial charge in [0.1, 0.15) is 11.6 Å². The van der Waals surface area contributed by atoms with Gasteiger partial charge in [0.05, 0.1) is 10.8 Å². The van der Waals surface area contributed by atoms with Gasteiger partial charge in [0.15, 0.2) is 14.3 Å². The van der Waals surface area contributed by atoms with Crippen molar-refractivity contribution in [1.29, 1.82) is 0 Å². The fraction of sp³-hybridized carbons (Fsp3) is 0. The molecule has 1 nitrogen and oxygen atoms in total. The molecule has 0 atom stereocenters. The Kier molecular flexibility index (Phi) is 3.20. The van der Waals surface area contributed by atoms with Crippen molar-refractivity contribution in [2.75, 3.05) is 0 Å². The maximum Gasteiger partial charge on any atom is 0.203 e. The van der Waals surface area contributed by atoms with E-state index in [4.69, 9.17) is 0 Å². The zero-order valence-corrected chi connectivity index (χ0v) is 12.7. The van der Waals surface area contributed by atoms with Crippen LogP contribution in [0.5, 0.6) is 0 Å². The topological polar surface area (TPSA) is 17.1 Å². The lowest BCUT2D eigenvalue weighted by Gasteiger charge is -2.03. The second kappa shape index (κ2) is 5.25. The molecule has 0 fully saturated rings. The zero-order chi connectivity index (χ0) is 16.0. The van der Waals surface area contributed by atoms with Gasteiger partial charge in [-0.3, -0.25) is 4.79 Å². The second-order valence-corrected chi connectivity index (χ2v) is 7.20. The van der Waals surface area contributed by atoms with Crippen LogP contribution in [0.4, 0.5) is 8.78 Å². The highest BCUT2D eigenvalue weighted by molar-refractivity contribution is 7.49. The molecule has 0 aliphatic rings. The molecule has 0 N–H and O–H groups in total. The van der Waals surface area contributed by atoms with E-state index in [1.807, 2.05) is 24.3 Å². The Bertz CT molecular complexity index is 1040. The molecule has 112 valence electrons. The van der Waals surface area contributed by atoms with Crippen LogP contribution < -0.4 is 5.43 Å². The van der Waals surface area contributed by atoms with Crippen molar-refractivity contribution in [2.24, 2.45) is 0 Å². The Hall–Kier alpha value is -2.59. The van der Waals surface area contributed by atoms with Gasteiger partial charge in [-0.25, -0.2) is 8.78 Å². The number of rotatable bonds is 1. The first-order chi connectivity index (χ1) is 11.1. The third kappa shape index (κ3) is 2.23. The number of halogens is 2. The first-order valence-electron chi connectivity index (χ1n) is 7.08. The average Bonchev–Trinajstić information content (AvgIpc) is 2.54. The normalized spacial score (nSPS) is 11.2. The largest absolute Gasteiger partial charge is 0.288 e. The Morgan fingerprint density at radius 1 is 0.696 bits per heavy atom. The van der Waals surface area contributed by atoms with Crippen molar-refractivity contribution in [3.8, 4) is 4.90 Å². The summed E-state index contributed by atoms with van der Waals surface area (Å²) < 4.78 is 29.0. The third-order valence-corrected chi connectivity index (χ3v) is 6.07. The standard InChI is InChI=1S/C19H11F2OS/c20-12-9-13(21)11-14(10-12)23-17-7-3-1-5-15(17)19(22)16-6-2-4-8-18(16)23/h1-11H/q+1. The van der Waals surface area contributed by atoms with E-state index in [1.165, 1.54) is 12.1 Å². The van der Waals surface area contributed by atoms with E-state index in [0.717, 1.165) is 15.5 Å². The zero-order valence-electron chi connectivity index (χ0n) is 11.9. The number of hydrogen-bond donors (Lipinski definition) is 0. The van der Waals surface area contributed by atoms with Gasteiger partial charge in [-0.15, -0.1) is 0 Å². The summed E-state index contributed by atoms with van der Waals surface area (Å²) in [6, 6.07) is 18.1. The Balaban J connectivity index is 2.28. The van der Waals surface area contributed by atoms with Gasteiger partial charge in [-0.05, 0) is 24.3 Å². The van der Waals surface area contributed by atoms with Crippen LogP contribution in [0.25, 0.3) is 25.1 Å². The van der Waals surface area contributed by atoms with E-state index < -0.39 is 22.1 Å². The lowest BCUT2D eigenvalue weighted by molar-refractivity contribution is 0.585. The van der Waals surface area contributed by atoms with E-state index in [0.29, 0.717) is 15.7 Å². The summed E-state index contributed by atoms with van der Waals surface area (Å²) in [5.41, 5.74) is -0.0446. The molecular formula is C19H11F2OS+. The number of hydrogen-bond acceptors (Lipinski definition) is 1. The van der Waals surface area contributed by atoms with Gasteiger partial charge in [0, 0.05) is 28.7 Å². The molecule has 23 heavy (non-hydrogen) atoms. The molecule has 1 heterocycles. The molecule has 0 aliphatic carbocycles. The van der Waals surface area contributed by atoms with Gasteiger partial charge in [-0.2, -0.15) is 0 Å². The molecule has 1 aromatic heterocycles. The summed E-state index contributed by atoms with van der Waals surface area (Å²) in [5, 5.41) is 1.19. The predicted molar refractivity (Wildman–Crippen MR) is 91.5 cm³/mol. The summed E-state index contributed by atoms with van der Waals surface area (Å²) >= 11 is 0. The highest BCUT2D eigenvalue weighted by atomic mass is 32.2. The SMILES string of the molecule is O=c1c2ccccc2[s+](-c2cc(F)cc(F)c2)c2ccccc12. The molecule has 0 bridgehead atoms. The molecule has 0 radical (unpaired) electrons. The summed E-state index contributed by atoms with van der Waals surface area (Å²) in [4.78, 5) is 13.2. The van der Waals surface area contributed by atoms with Crippen LogP contribution in [0.3, 0.4) is 0 Å². The van der Waals surface area contributed by atoms with Gasteiger partial charge >= 0.3 is 0 Å². The van der Waals surface area contributed by atoms with Crippen LogP contribution in [0.1, 0.15) is 0 Å². The van der Waals surface area contributed by atoms with Gasteiger partial charge in [-0.1, -0.05) is 24.3 Å². The van der Waals surface area contributed by atoms with Crippen LogP contribution in [-0.2, 0) is 0 Å². The minimum atomic E-state index is -0.700. The lowest BCUT2D eigenvalue weighted by atomic mass is 10.2. The van der Waals surface area contributed by atoms with Crippen molar-refractivity contribution in [3.05, 3.63) is 88.6 Å². The fourth-order valence-electron chi connectivity index (χ4n) is 2.83. The molecule has 0 spiro atoms. The summed E-state index contributed by atoms with van der Waals surface area (Å²) in [6.07, 6.45) is 0. The predicted octanol–water partition coefficient (Wildman–Crippen LogP) is 5.37. The average molecular weight is 325 g/mol. The van der Waals surface area contributed by atoms with Crippen molar-refractivity contribution in [2.45, 2.75) is 0 Å². The van der Waals surface area contributed by atoms with Crippen molar-refractivity contribution in [1.82, 2.24) is 0 Å². The van der Waals surface area contributed by atoms with Crippen molar-refractivity contribution >= 4 is 30.6 Å². The van der Waals surface area contributed by atoms with Crippen LogP contribution in [0.15, 0.2) is 71.5 Å². The first-order valence-corrected chi connectivity index (χ1v) is 8.31. The van der Waals surface area contributed by atoms with Gasteiger partial charge in [0.25, 0.3) is 0 Å². The minimum absolute atomic E-state index is 0.0446. The molecule has 3 aromatic carbocycles. The first kappa shape index (κ1) is 14.0. The third-order valence-electron chi connectivity index (χ3n) is 3.77. The molecule has 0 unspecified atom stereocenters. The monoisotopic (exact) mass is 325 g/mol. The van der Waals surface area contributed by atoms with Crippen LogP contribution >= 0.6 is 10.5 Å². The minimum Gasteiger partial charge on any atom is -0.288 e. The van der Waals surface area contributed by atoms with E-state index in [-0.39, 0.29) is 5.43 Å². The molecule has 4 aromatic rings. The quantitative estimate of drug-likeness (QED) is 0.340. The smallest absolute Gasteiger partial charge is 0.203 e.